The van der Waals surface area contributed by atoms with E-state index >= 15 is 0 Å². The lowest BCUT2D eigenvalue weighted by atomic mass is 9.83. The van der Waals surface area contributed by atoms with Crippen LogP contribution in [0.2, 0.25) is 0 Å². The van der Waals surface area contributed by atoms with E-state index in [0.29, 0.717) is 5.57 Å². The molecule has 0 bridgehead atoms. The van der Waals surface area contributed by atoms with Crippen molar-refractivity contribution in [2.75, 3.05) is 0 Å². The summed E-state index contributed by atoms with van der Waals surface area (Å²) < 4.78 is 0. The second-order valence-corrected chi connectivity index (χ2v) is 4.43. The molecular formula is C13H16O2. The molecule has 0 N–H and O–H groups in total. The number of hydrogen-bond donors (Lipinski definition) is 0. The molecule has 2 nitrogen and oxygen atoms in total. The first-order valence-corrected chi connectivity index (χ1v) is 5.62. The Morgan fingerprint density at radius 1 is 0.733 bits per heavy atom. The van der Waals surface area contributed by atoms with Crippen molar-refractivity contribution in [1.29, 1.82) is 0 Å². The molecule has 2 heteroatoms. The summed E-state index contributed by atoms with van der Waals surface area (Å²) in [5, 5.41) is 0. The molecule has 2 aliphatic rings. The maximum absolute atomic E-state index is 11.8. The van der Waals surface area contributed by atoms with Crippen molar-refractivity contribution in [1.82, 2.24) is 0 Å². The van der Waals surface area contributed by atoms with Crippen LogP contribution >= 0.6 is 0 Å². The smallest absolute Gasteiger partial charge is 0.229 e. The van der Waals surface area contributed by atoms with Gasteiger partial charge in [-0.2, -0.15) is 0 Å². The number of ketones is 2. The monoisotopic (exact) mass is 204 g/mol. The van der Waals surface area contributed by atoms with E-state index in [1.807, 2.05) is 6.92 Å². The lowest BCUT2D eigenvalue weighted by molar-refractivity contribution is -0.132. The molecule has 0 aliphatic heterocycles. The fourth-order valence-corrected chi connectivity index (χ4v) is 2.45. The van der Waals surface area contributed by atoms with Crippen molar-refractivity contribution >= 4 is 11.6 Å². The highest BCUT2D eigenvalue weighted by Gasteiger charge is 2.30. The summed E-state index contributed by atoms with van der Waals surface area (Å²) in [5.41, 5.74) is 3.67. The zero-order valence-electron chi connectivity index (χ0n) is 9.35. The molecule has 0 saturated carbocycles. The Hall–Kier alpha value is -1.18. The third-order valence-electron chi connectivity index (χ3n) is 3.55. The SMILES string of the molecule is CC1=C(C)C2=C(CCCCC2)C(=O)C1=O. The highest BCUT2D eigenvalue weighted by atomic mass is 16.2. The van der Waals surface area contributed by atoms with Crippen molar-refractivity contribution in [2.24, 2.45) is 0 Å². The molecule has 2 aliphatic carbocycles. The first-order chi connectivity index (χ1) is 7.13. The minimum atomic E-state index is -0.284. The summed E-state index contributed by atoms with van der Waals surface area (Å²) in [7, 11) is 0. The lowest BCUT2D eigenvalue weighted by Gasteiger charge is -2.19. The molecular weight excluding hydrogens is 188 g/mol. The Labute approximate surface area is 90.1 Å². The van der Waals surface area contributed by atoms with Gasteiger partial charge >= 0.3 is 0 Å². The molecule has 0 unspecified atom stereocenters. The molecule has 0 aromatic rings. The fraction of sp³-hybridized carbons (Fsp3) is 0.538. The molecule has 0 fully saturated rings. The van der Waals surface area contributed by atoms with Gasteiger partial charge in [0.15, 0.2) is 0 Å². The zero-order valence-corrected chi connectivity index (χ0v) is 9.35. The van der Waals surface area contributed by atoms with Gasteiger partial charge in [0.05, 0.1) is 0 Å². The molecule has 0 aromatic heterocycles. The molecule has 0 radical (unpaired) electrons. The van der Waals surface area contributed by atoms with Crippen LogP contribution in [0, 0.1) is 0 Å². The summed E-state index contributed by atoms with van der Waals surface area (Å²) in [6.07, 6.45) is 5.12. The molecule has 0 amide bonds. The number of carbonyl (C=O) groups excluding carboxylic acids is 2. The molecule has 2 rings (SSSR count). The van der Waals surface area contributed by atoms with E-state index in [2.05, 4.69) is 0 Å². The standard InChI is InChI=1S/C13H16O2/c1-8-9(2)12(14)13(15)11-7-5-3-4-6-10(8)11/h3-7H2,1-2H3. The van der Waals surface area contributed by atoms with Gasteiger partial charge in [0.1, 0.15) is 0 Å². The van der Waals surface area contributed by atoms with Crippen molar-refractivity contribution in [3.05, 3.63) is 22.3 Å². The van der Waals surface area contributed by atoms with Gasteiger partial charge in [0, 0.05) is 11.1 Å². The van der Waals surface area contributed by atoms with Crippen LogP contribution in [-0.4, -0.2) is 11.6 Å². The topological polar surface area (TPSA) is 34.1 Å². The van der Waals surface area contributed by atoms with Crippen molar-refractivity contribution in [3.63, 3.8) is 0 Å². The molecule has 0 heterocycles. The van der Waals surface area contributed by atoms with E-state index in [1.54, 1.807) is 6.92 Å². The third kappa shape index (κ3) is 1.58. The number of rotatable bonds is 0. The van der Waals surface area contributed by atoms with E-state index in [4.69, 9.17) is 0 Å². The largest absolute Gasteiger partial charge is 0.285 e. The Balaban J connectivity index is 2.52. The van der Waals surface area contributed by atoms with E-state index in [-0.39, 0.29) is 11.6 Å². The Morgan fingerprint density at radius 3 is 2.00 bits per heavy atom. The maximum Gasteiger partial charge on any atom is 0.229 e. The first-order valence-electron chi connectivity index (χ1n) is 5.62. The van der Waals surface area contributed by atoms with Crippen LogP contribution in [0.5, 0.6) is 0 Å². The minimum Gasteiger partial charge on any atom is -0.285 e. The summed E-state index contributed by atoms with van der Waals surface area (Å²) in [5.74, 6) is -0.525. The van der Waals surface area contributed by atoms with E-state index in [0.717, 1.165) is 42.4 Å². The molecule has 0 aromatic carbocycles. The maximum atomic E-state index is 11.8. The van der Waals surface area contributed by atoms with E-state index < -0.39 is 0 Å². The summed E-state index contributed by atoms with van der Waals surface area (Å²) in [4.78, 5) is 23.5. The summed E-state index contributed by atoms with van der Waals surface area (Å²) in [6, 6.07) is 0. The highest BCUT2D eigenvalue weighted by Crippen LogP contribution is 2.34. The van der Waals surface area contributed by atoms with Gasteiger partial charge in [0.2, 0.25) is 11.6 Å². The number of allylic oxidation sites excluding steroid dienone is 4. The van der Waals surface area contributed by atoms with Crippen LogP contribution in [0.1, 0.15) is 46.0 Å². The molecule has 0 saturated heterocycles. The molecule has 80 valence electrons. The number of carbonyl (C=O) groups is 2. The summed E-state index contributed by atoms with van der Waals surface area (Å²) >= 11 is 0. The first kappa shape index (κ1) is 10.3. The Bertz CT molecular complexity index is 389. The normalized spacial score (nSPS) is 23.1. The van der Waals surface area contributed by atoms with Crippen molar-refractivity contribution in [2.45, 2.75) is 46.0 Å². The highest BCUT2D eigenvalue weighted by molar-refractivity contribution is 6.50. The van der Waals surface area contributed by atoms with Crippen LogP contribution in [0.25, 0.3) is 0 Å². The van der Waals surface area contributed by atoms with Crippen LogP contribution in [0.4, 0.5) is 0 Å². The van der Waals surface area contributed by atoms with Gasteiger partial charge in [-0.05, 0) is 50.7 Å². The lowest BCUT2D eigenvalue weighted by Crippen LogP contribution is -2.24. The van der Waals surface area contributed by atoms with E-state index in [1.165, 1.54) is 6.42 Å². The predicted molar refractivity (Wildman–Crippen MR) is 58.5 cm³/mol. The molecule has 15 heavy (non-hydrogen) atoms. The molecule has 0 spiro atoms. The average molecular weight is 204 g/mol. The Kier molecular flexibility index (Phi) is 2.59. The van der Waals surface area contributed by atoms with Crippen LogP contribution in [0.3, 0.4) is 0 Å². The number of Topliss-reactive ketones (excluding diaryl/α,β-unsaturated/α-hetero) is 2. The van der Waals surface area contributed by atoms with Gasteiger partial charge in [-0.3, -0.25) is 9.59 Å². The van der Waals surface area contributed by atoms with Crippen LogP contribution in [0.15, 0.2) is 22.3 Å². The van der Waals surface area contributed by atoms with E-state index in [9.17, 15) is 9.59 Å². The second-order valence-electron chi connectivity index (χ2n) is 4.43. The zero-order chi connectivity index (χ0) is 11.0. The number of hydrogen-bond acceptors (Lipinski definition) is 2. The van der Waals surface area contributed by atoms with Gasteiger partial charge in [-0.25, -0.2) is 0 Å². The Morgan fingerprint density at radius 2 is 1.33 bits per heavy atom. The second kappa shape index (κ2) is 3.76. The van der Waals surface area contributed by atoms with Crippen LogP contribution < -0.4 is 0 Å². The minimum absolute atomic E-state index is 0.241. The van der Waals surface area contributed by atoms with Gasteiger partial charge in [-0.1, -0.05) is 6.42 Å². The fourth-order valence-electron chi connectivity index (χ4n) is 2.45. The van der Waals surface area contributed by atoms with Gasteiger partial charge < -0.3 is 0 Å². The van der Waals surface area contributed by atoms with Gasteiger partial charge in [0.25, 0.3) is 0 Å². The summed E-state index contributed by atoms with van der Waals surface area (Å²) in [6.45, 7) is 3.74. The average Bonchev–Trinajstić information content (AvgIpc) is 2.48. The van der Waals surface area contributed by atoms with Crippen molar-refractivity contribution in [3.8, 4) is 0 Å². The quantitative estimate of drug-likeness (QED) is 0.449. The molecule has 0 atom stereocenters. The third-order valence-corrected chi connectivity index (χ3v) is 3.55. The van der Waals surface area contributed by atoms with Gasteiger partial charge in [-0.15, -0.1) is 0 Å². The van der Waals surface area contributed by atoms with Crippen molar-refractivity contribution < 1.29 is 9.59 Å². The predicted octanol–water partition coefficient (Wildman–Crippen LogP) is 2.74. The van der Waals surface area contributed by atoms with Crippen LogP contribution in [-0.2, 0) is 9.59 Å².